The summed E-state index contributed by atoms with van der Waals surface area (Å²) in [6.07, 6.45) is 0. The first-order chi connectivity index (χ1) is 7.67. The van der Waals surface area contributed by atoms with Crippen molar-refractivity contribution in [1.82, 2.24) is 9.97 Å². The summed E-state index contributed by atoms with van der Waals surface area (Å²) in [5.41, 5.74) is 1.06. The zero-order valence-electron chi connectivity index (χ0n) is 10.6. The Labute approximate surface area is 97.5 Å². The normalized spacial score (nSPS) is 10.8. The number of aromatic nitrogens is 2. The molecule has 1 aromatic rings. The summed E-state index contributed by atoms with van der Waals surface area (Å²) < 4.78 is 5.33. The van der Waals surface area contributed by atoms with Crippen LogP contribution >= 0.6 is 0 Å². The van der Waals surface area contributed by atoms with Crippen LogP contribution in [-0.4, -0.2) is 23.1 Å². The summed E-state index contributed by atoms with van der Waals surface area (Å²) in [5.74, 6) is 2.04. The number of hydrogen-bond donors (Lipinski definition) is 1. The minimum absolute atomic E-state index is 0.404. The quantitative estimate of drug-likeness (QED) is 0.805. The Kier molecular flexibility index (Phi) is 5.19. The van der Waals surface area contributed by atoms with Crippen molar-refractivity contribution in [1.29, 1.82) is 0 Å². The molecular formula is C12H21N3O. The van der Waals surface area contributed by atoms with E-state index in [2.05, 4.69) is 36.1 Å². The second-order valence-electron chi connectivity index (χ2n) is 3.92. The van der Waals surface area contributed by atoms with Gasteiger partial charge in [0.05, 0.1) is 0 Å². The summed E-state index contributed by atoms with van der Waals surface area (Å²) in [4.78, 5) is 8.87. The van der Waals surface area contributed by atoms with E-state index in [0.717, 1.165) is 23.9 Å². The SMILES string of the molecule is CCNc1cc(C(C)C)nc(COCC)n1. The molecule has 0 aliphatic rings. The molecule has 1 aromatic heterocycles. The molecule has 1 N–H and O–H groups in total. The van der Waals surface area contributed by atoms with Crippen LogP contribution in [-0.2, 0) is 11.3 Å². The molecule has 1 rings (SSSR count). The Hall–Kier alpha value is -1.16. The predicted molar refractivity (Wildman–Crippen MR) is 65.6 cm³/mol. The molecule has 0 bridgehead atoms. The fourth-order valence-corrected chi connectivity index (χ4v) is 1.34. The van der Waals surface area contributed by atoms with Crippen LogP contribution in [0.3, 0.4) is 0 Å². The topological polar surface area (TPSA) is 47.0 Å². The van der Waals surface area contributed by atoms with Gasteiger partial charge >= 0.3 is 0 Å². The average molecular weight is 223 g/mol. The lowest BCUT2D eigenvalue weighted by molar-refractivity contribution is 0.128. The fraction of sp³-hybridized carbons (Fsp3) is 0.667. The van der Waals surface area contributed by atoms with Crippen LogP contribution in [0.1, 0.15) is 45.1 Å². The van der Waals surface area contributed by atoms with E-state index in [9.17, 15) is 0 Å². The lowest BCUT2D eigenvalue weighted by Crippen LogP contribution is -2.08. The first-order valence-corrected chi connectivity index (χ1v) is 5.86. The molecule has 1 heterocycles. The van der Waals surface area contributed by atoms with Gasteiger partial charge in [-0.25, -0.2) is 9.97 Å². The van der Waals surface area contributed by atoms with E-state index in [1.807, 2.05) is 13.0 Å². The van der Waals surface area contributed by atoms with Gasteiger partial charge in [0.15, 0.2) is 5.82 Å². The van der Waals surface area contributed by atoms with Gasteiger partial charge in [-0.2, -0.15) is 0 Å². The van der Waals surface area contributed by atoms with Gasteiger partial charge in [-0.15, -0.1) is 0 Å². The Balaban J connectivity index is 2.89. The Morgan fingerprint density at radius 3 is 2.62 bits per heavy atom. The van der Waals surface area contributed by atoms with Gasteiger partial charge in [0, 0.05) is 24.9 Å². The number of ether oxygens (including phenoxy) is 1. The Morgan fingerprint density at radius 1 is 1.31 bits per heavy atom. The van der Waals surface area contributed by atoms with Crippen LogP contribution in [0, 0.1) is 0 Å². The molecule has 0 aliphatic heterocycles. The third-order valence-electron chi connectivity index (χ3n) is 2.18. The minimum atomic E-state index is 0.404. The monoisotopic (exact) mass is 223 g/mol. The van der Waals surface area contributed by atoms with Crippen LogP contribution in [0.15, 0.2) is 6.07 Å². The lowest BCUT2D eigenvalue weighted by atomic mass is 10.1. The van der Waals surface area contributed by atoms with Gasteiger partial charge in [0.1, 0.15) is 12.4 Å². The second kappa shape index (κ2) is 6.43. The van der Waals surface area contributed by atoms with Crippen LogP contribution in [0.2, 0.25) is 0 Å². The molecule has 0 aromatic carbocycles. The van der Waals surface area contributed by atoms with Crippen LogP contribution in [0.25, 0.3) is 0 Å². The highest BCUT2D eigenvalue weighted by molar-refractivity contribution is 5.36. The van der Waals surface area contributed by atoms with E-state index < -0.39 is 0 Å². The van der Waals surface area contributed by atoms with Crippen molar-refractivity contribution >= 4 is 5.82 Å². The molecule has 16 heavy (non-hydrogen) atoms. The molecule has 0 saturated heterocycles. The smallest absolute Gasteiger partial charge is 0.156 e. The van der Waals surface area contributed by atoms with E-state index in [0.29, 0.717) is 19.1 Å². The molecule has 0 atom stereocenters. The molecule has 0 saturated carbocycles. The van der Waals surface area contributed by atoms with Crippen molar-refractivity contribution in [3.8, 4) is 0 Å². The number of hydrogen-bond acceptors (Lipinski definition) is 4. The summed E-state index contributed by atoms with van der Waals surface area (Å²) in [6, 6.07) is 2.00. The molecule has 0 fully saturated rings. The van der Waals surface area contributed by atoms with Crippen molar-refractivity contribution in [2.45, 2.75) is 40.2 Å². The molecule has 0 radical (unpaired) electrons. The van der Waals surface area contributed by atoms with E-state index >= 15 is 0 Å². The zero-order chi connectivity index (χ0) is 12.0. The van der Waals surface area contributed by atoms with Crippen LogP contribution in [0.4, 0.5) is 5.82 Å². The van der Waals surface area contributed by atoms with Crippen LogP contribution in [0.5, 0.6) is 0 Å². The van der Waals surface area contributed by atoms with Crippen molar-refractivity contribution in [2.24, 2.45) is 0 Å². The first kappa shape index (κ1) is 12.9. The molecule has 4 heteroatoms. The van der Waals surface area contributed by atoms with Gasteiger partial charge in [0.25, 0.3) is 0 Å². The summed E-state index contributed by atoms with van der Waals surface area (Å²) in [5, 5.41) is 3.21. The highest BCUT2D eigenvalue weighted by Gasteiger charge is 2.07. The maximum atomic E-state index is 5.33. The zero-order valence-corrected chi connectivity index (χ0v) is 10.6. The Bertz CT molecular complexity index is 326. The van der Waals surface area contributed by atoms with Gasteiger partial charge in [-0.3, -0.25) is 0 Å². The first-order valence-electron chi connectivity index (χ1n) is 5.86. The summed E-state index contributed by atoms with van der Waals surface area (Å²) in [6.45, 7) is 10.3. The highest BCUT2D eigenvalue weighted by atomic mass is 16.5. The molecule has 0 spiro atoms. The van der Waals surface area contributed by atoms with Gasteiger partial charge in [0.2, 0.25) is 0 Å². The number of nitrogens with one attached hydrogen (secondary N) is 1. The maximum Gasteiger partial charge on any atom is 0.156 e. The van der Waals surface area contributed by atoms with E-state index in [-0.39, 0.29) is 0 Å². The number of rotatable bonds is 6. The fourth-order valence-electron chi connectivity index (χ4n) is 1.34. The largest absolute Gasteiger partial charge is 0.374 e. The second-order valence-corrected chi connectivity index (χ2v) is 3.92. The van der Waals surface area contributed by atoms with Gasteiger partial charge in [-0.1, -0.05) is 13.8 Å². The number of anilines is 1. The van der Waals surface area contributed by atoms with Crippen molar-refractivity contribution in [2.75, 3.05) is 18.5 Å². The lowest BCUT2D eigenvalue weighted by Gasteiger charge is -2.10. The number of nitrogens with zero attached hydrogens (tertiary/aromatic N) is 2. The highest BCUT2D eigenvalue weighted by Crippen LogP contribution is 2.15. The molecular weight excluding hydrogens is 202 g/mol. The van der Waals surface area contributed by atoms with E-state index in [1.165, 1.54) is 0 Å². The molecule has 0 aliphatic carbocycles. The van der Waals surface area contributed by atoms with Crippen LogP contribution < -0.4 is 5.32 Å². The van der Waals surface area contributed by atoms with Gasteiger partial charge in [-0.05, 0) is 19.8 Å². The standard InChI is InChI=1S/C12H21N3O/c1-5-13-11-7-10(9(3)4)14-12(15-11)8-16-6-2/h7,9H,5-6,8H2,1-4H3,(H,13,14,15). The molecule has 90 valence electrons. The minimum Gasteiger partial charge on any atom is -0.374 e. The Morgan fingerprint density at radius 2 is 2.06 bits per heavy atom. The third-order valence-corrected chi connectivity index (χ3v) is 2.18. The average Bonchev–Trinajstić information content (AvgIpc) is 2.26. The van der Waals surface area contributed by atoms with Crippen molar-refractivity contribution in [3.63, 3.8) is 0 Å². The van der Waals surface area contributed by atoms with Gasteiger partial charge < -0.3 is 10.1 Å². The molecule has 0 amide bonds. The van der Waals surface area contributed by atoms with Crippen molar-refractivity contribution < 1.29 is 4.74 Å². The predicted octanol–water partition coefficient (Wildman–Crippen LogP) is 2.57. The maximum absolute atomic E-state index is 5.33. The molecule has 4 nitrogen and oxygen atoms in total. The third kappa shape index (κ3) is 3.77. The molecule has 0 unspecified atom stereocenters. The van der Waals surface area contributed by atoms with E-state index in [4.69, 9.17) is 4.74 Å². The summed E-state index contributed by atoms with van der Waals surface area (Å²) in [7, 11) is 0. The van der Waals surface area contributed by atoms with Crippen molar-refractivity contribution in [3.05, 3.63) is 17.6 Å². The summed E-state index contributed by atoms with van der Waals surface area (Å²) >= 11 is 0. The van der Waals surface area contributed by atoms with E-state index in [1.54, 1.807) is 0 Å².